The van der Waals surface area contributed by atoms with E-state index >= 15 is 0 Å². The molecule has 0 atom stereocenters. The predicted molar refractivity (Wildman–Crippen MR) is 73.9 cm³/mol. The van der Waals surface area contributed by atoms with Gasteiger partial charge in [-0.1, -0.05) is 12.8 Å². The molecule has 0 spiro atoms. The largest absolute Gasteiger partial charge is 0.398 e. The van der Waals surface area contributed by atoms with Gasteiger partial charge in [0.25, 0.3) is 5.91 Å². The molecular weight excluding hydrogens is 242 g/mol. The molecule has 1 heterocycles. The maximum absolute atomic E-state index is 11.9. The van der Waals surface area contributed by atoms with Gasteiger partial charge in [0.2, 0.25) is 0 Å². The van der Waals surface area contributed by atoms with E-state index in [2.05, 4.69) is 10.3 Å². The number of aryl methyl sites for hydroxylation is 1. The number of rotatable bonds is 5. The highest BCUT2D eigenvalue weighted by Gasteiger charge is 2.15. The van der Waals surface area contributed by atoms with Gasteiger partial charge in [-0.25, -0.2) is 0 Å². The summed E-state index contributed by atoms with van der Waals surface area (Å²) in [5, 5.41) is 2.80. The second kappa shape index (κ2) is 6.52. The van der Waals surface area contributed by atoms with Crippen molar-refractivity contribution >= 4 is 11.6 Å². The molecule has 1 saturated carbocycles. The first kappa shape index (κ1) is 13.8. The second-order valence-electron chi connectivity index (χ2n) is 4.95. The fourth-order valence-corrected chi connectivity index (χ4v) is 2.31. The topological polar surface area (TPSA) is 77.2 Å². The Balaban J connectivity index is 1.74. The van der Waals surface area contributed by atoms with Crippen LogP contribution >= 0.6 is 0 Å². The van der Waals surface area contributed by atoms with E-state index in [1.807, 2.05) is 6.92 Å². The summed E-state index contributed by atoms with van der Waals surface area (Å²) >= 11 is 0. The van der Waals surface area contributed by atoms with Crippen molar-refractivity contribution in [3.8, 4) is 0 Å². The van der Waals surface area contributed by atoms with Crippen LogP contribution in [0.3, 0.4) is 0 Å². The summed E-state index contributed by atoms with van der Waals surface area (Å²) in [4.78, 5) is 16.0. The Labute approximate surface area is 113 Å². The van der Waals surface area contributed by atoms with E-state index in [9.17, 15) is 4.79 Å². The number of nitrogens with zero attached hydrogens (tertiary/aromatic N) is 1. The van der Waals surface area contributed by atoms with Gasteiger partial charge in [-0.05, 0) is 25.8 Å². The van der Waals surface area contributed by atoms with Crippen LogP contribution in [0.1, 0.15) is 41.7 Å². The molecule has 1 aliphatic carbocycles. The Morgan fingerprint density at radius 3 is 2.95 bits per heavy atom. The molecule has 1 fully saturated rings. The van der Waals surface area contributed by atoms with Crippen molar-refractivity contribution in [2.75, 3.05) is 18.9 Å². The number of carbonyl (C=O) groups is 1. The van der Waals surface area contributed by atoms with E-state index in [4.69, 9.17) is 10.5 Å². The van der Waals surface area contributed by atoms with Gasteiger partial charge in [0.15, 0.2) is 0 Å². The normalized spacial score (nSPS) is 15.6. The molecule has 1 aromatic rings. The Morgan fingerprint density at radius 1 is 1.53 bits per heavy atom. The number of nitrogens with two attached hydrogens (primary N) is 1. The van der Waals surface area contributed by atoms with Gasteiger partial charge >= 0.3 is 0 Å². The molecule has 0 radical (unpaired) electrons. The second-order valence-corrected chi connectivity index (χ2v) is 4.95. The number of aromatic nitrogens is 1. The van der Waals surface area contributed by atoms with Crippen LogP contribution in [-0.4, -0.2) is 30.1 Å². The van der Waals surface area contributed by atoms with Crippen molar-refractivity contribution in [3.63, 3.8) is 0 Å². The molecule has 3 N–H and O–H groups in total. The zero-order chi connectivity index (χ0) is 13.7. The number of amides is 1. The summed E-state index contributed by atoms with van der Waals surface area (Å²) in [7, 11) is 0. The molecule has 0 saturated heterocycles. The van der Waals surface area contributed by atoms with E-state index in [-0.39, 0.29) is 5.91 Å². The van der Waals surface area contributed by atoms with Crippen molar-refractivity contribution in [2.24, 2.45) is 0 Å². The fraction of sp³-hybridized carbons (Fsp3) is 0.571. The molecule has 0 unspecified atom stereocenters. The smallest absolute Gasteiger partial charge is 0.255 e. The third-order valence-electron chi connectivity index (χ3n) is 3.36. The van der Waals surface area contributed by atoms with Crippen LogP contribution in [0.25, 0.3) is 0 Å². The Hall–Kier alpha value is -1.62. The number of hydrogen-bond acceptors (Lipinski definition) is 4. The first-order valence-corrected chi connectivity index (χ1v) is 6.79. The van der Waals surface area contributed by atoms with Gasteiger partial charge in [0.1, 0.15) is 0 Å². The average molecular weight is 263 g/mol. The minimum absolute atomic E-state index is 0.194. The zero-order valence-corrected chi connectivity index (χ0v) is 11.3. The van der Waals surface area contributed by atoms with Gasteiger partial charge in [-0.15, -0.1) is 0 Å². The van der Waals surface area contributed by atoms with Crippen molar-refractivity contribution in [3.05, 3.63) is 23.5 Å². The predicted octanol–water partition coefficient (Wildman–Crippen LogP) is 1.66. The van der Waals surface area contributed by atoms with Crippen LogP contribution in [0.2, 0.25) is 0 Å². The Kier molecular flexibility index (Phi) is 4.74. The summed E-state index contributed by atoms with van der Waals surface area (Å²) in [6, 6.07) is 1.70. The molecule has 0 aliphatic heterocycles. The van der Waals surface area contributed by atoms with Crippen LogP contribution in [-0.2, 0) is 4.74 Å². The monoisotopic (exact) mass is 263 g/mol. The van der Waals surface area contributed by atoms with Crippen molar-refractivity contribution in [1.82, 2.24) is 10.3 Å². The van der Waals surface area contributed by atoms with Crippen molar-refractivity contribution in [2.45, 2.75) is 38.7 Å². The first-order chi connectivity index (χ1) is 9.16. The van der Waals surface area contributed by atoms with Crippen LogP contribution in [0, 0.1) is 6.92 Å². The number of anilines is 1. The van der Waals surface area contributed by atoms with Gasteiger partial charge in [0.05, 0.1) is 18.3 Å². The molecule has 1 aliphatic rings. The highest BCUT2D eigenvalue weighted by Crippen LogP contribution is 2.20. The summed E-state index contributed by atoms with van der Waals surface area (Å²) in [6.07, 6.45) is 6.68. The maximum atomic E-state index is 11.9. The minimum Gasteiger partial charge on any atom is -0.398 e. The summed E-state index contributed by atoms with van der Waals surface area (Å²) in [6.45, 7) is 2.89. The van der Waals surface area contributed by atoms with Crippen molar-refractivity contribution in [1.29, 1.82) is 0 Å². The van der Waals surface area contributed by atoms with Crippen LogP contribution in [0.15, 0.2) is 12.3 Å². The van der Waals surface area contributed by atoms with E-state index in [0.29, 0.717) is 30.5 Å². The number of ether oxygens (including phenoxy) is 1. The molecule has 0 aromatic carbocycles. The lowest BCUT2D eigenvalue weighted by atomic mass is 10.2. The van der Waals surface area contributed by atoms with E-state index in [0.717, 1.165) is 18.5 Å². The molecule has 19 heavy (non-hydrogen) atoms. The van der Waals surface area contributed by atoms with Gasteiger partial charge in [-0.2, -0.15) is 0 Å². The van der Waals surface area contributed by atoms with E-state index < -0.39 is 0 Å². The van der Waals surface area contributed by atoms with Crippen LogP contribution < -0.4 is 11.1 Å². The average Bonchev–Trinajstić information content (AvgIpc) is 2.87. The van der Waals surface area contributed by atoms with Gasteiger partial charge < -0.3 is 15.8 Å². The quantitative estimate of drug-likeness (QED) is 0.792. The SMILES string of the molecule is Cc1cc(N)c(C(=O)NCCOC2CCCC2)cn1. The summed E-state index contributed by atoms with van der Waals surface area (Å²) in [5.41, 5.74) is 7.48. The first-order valence-electron chi connectivity index (χ1n) is 6.79. The number of nitrogens with one attached hydrogen (secondary N) is 1. The van der Waals surface area contributed by atoms with E-state index in [1.165, 1.54) is 19.0 Å². The molecule has 5 heteroatoms. The minimum atomic E-state index is -0.194. The van der Waals surface area contributed by atoms with Gasteiger partial charge in [0, 0.05) is 24.1 Å². The Bertz CT molecular complexity index is 442. The number of hydrogen-bond donors (Lipinski definition) is 2. The van der Waals surface area contributed by atoms with E-state index in [1.54, 1.807) is 6.07 Å². The fourth-order valence-electron chi connectivity index (χ4n) is 2.31. The molecule has 5 nitrogen and oxygen atoms in total. The highest BCUT2D eigenvalue weighted by molar-refractivity contribution is 5.98. The number of nitrogen functional groups attached to an aromatic ring is 1. The number of pyridine rings is 1. The standard InChI is InChI=1S/C14H21N3O2/c1-10-8-13(15)12(9-17-10)14(18)16-6-7-19-11-4-2-3-5-11/h8-9,11H,2-7H2,1H3,(H2,15,17)(H,16,18). The lowest BCUT2D eigenvalue weighted by Crippen LogP contribution is -2.29. The molecule has 1 amide bonds. The zero-order valence-electron chi connectivity index (χ0n) is 11.3. The molecular formula is C14H21N3O2. The van der Waals surface area contributed by atoms with Crippen LogP contribution in [0.4, 0.5) is 5.69 Å². The van der Waals surface area contributed by atoms with Crippen LogP contribution in [0.5, 0.6) is 0 Å². The highest BCUT2D eigenvalue weighted by atomic mass is 16.5. The third kappa shape index (κ3) is 3.92. The lowest BCUT2D eigenvalue weighted by molar-refractivity contribution is 0.0582. The summed E-state index contributed by atoms with van der Waals surface area (Å²) < 4.78 is 5.68. The van der Waals surface area contributed by atoms with Gasteiger partial charge in [-0.3, -0.25) is 9.78 Å². The summed E-state index contributed by atoms with van der Waals surface area (Å²) in [5.74, 6) is -0.194. The van der Waals surface area contributed by atoms with Crippen molar-refractivity contribution < 1.29 is 9.53 Å². The number of carbonyl (C=O) groups excluding carboxylic acids is 1. The molecule has 0 bridgehead atoms. The third-order valence-corrected chi connectivity index (χ3v) is 3.36. The lowest BCUT2D eigenvalue weighted by Gasteiger charge is -2.12. The molecule has 1 aromatic heterocycles. The maximum Gasteiger partial charge on any atom is 0.255 e. The Morgan fingerprint density at radius 2 is 2.26 bits per heavy atom. The molecule has 104 valence electrons. The molecule has 2 rings (SSSR count).